The van der Waals surface area contributed by atoms with E-state index in [4.69, 9.17) is 17.0 Å². The summed E-state index contributed by atoms with van der Waals surface area (Å²) in [7, 11) is 0.870. The Morgan fingerprint density at radius 2 is 2.20 bits per heavy atom. The first-order valence-corrected chi connectivity index (χ1v) is 6.93. The van der Waals surface area contributed by atoms with Crippen LogP contribution in [0.25, 0.3) is 0 Å². The van der Waals surface area contributed by atoms with Gasteiger partial charge in [0.2, 0.25) is 0 Å². The largest absolute Gasteiger partial charge is 0.385 e. The van der Waals surface area contributed by atoms with Crippen molar-refractivity contribution in [2.24, 2.45) is 0 Å². The monoisotopic (exact) mass is 252 g/mol. The van der Waals surface area contributed by atoms with Gasteiger partial charge >= 0.3 is 0 Å². The van der Waals surface area contributed by atoms with E-state index in [1.807, 2.05) is 6.92 Å². The quantitative estimate of drug-likeness (QED) is 0.503. The van der Waals surface area contributed by atoms with E-state index < -0.39 is 10.8 Å². The van der Waals surface area contributed by atoms with Crippen LogP contribution in [0.1, 0.15) is 13.3 Å². The zero-order valence-corrected chi connectivity index (χ0v) is 11.2. The van der Waals surface area contributed by atoms with E-state index in [9.17, 15) is 4.21 Å². The van der Waals surface area contributed by atoms with Crippen molar-refractivity contribution >= 4 is 28.1 Å². The smallest absolute Gasteiger partial charge is 0.166 e. The maximum Gasteiger partial charge on any atom is 0.166 e. The van der Waals surface area contributed by atoms with Crippen LogP contribution < -0.4 is 10.6 Å². The van der Waals surface area contributed by atoms with Crippen molar-refractivity contribution in [1.82, 2.24) is 10.6 Å². The Labute approximate surface area is 99.6 Å². The van der Waals surface area contributed by atoms with E-state index >= 15 is 0 Å². The van der Waals surface area contributed by atoms with Gasteiger partial charge in [0.25, 0.3) is 0 Å². The summed E-state index contributed by atoms with van der Waals surface area (Å²) >= 11 is 5.05. The zero-order valence-electron chi connectivity index (χ0n) is 9.54. The van der Waals surface area contributed by atoms with E-state index in [1.165, 1.54) is 0 Å². The average molecular weight is 252 g/mol. The molecule has 0 rings (SSSR count). The normalized spacial score (nSPS) is 14.3. The van der Waals surface area contributed by atoms with Crippen molar-refractivity contribution in [3.8, 4) is 0 Å². The lowest BCUT2D eigenvalue weighted by Crippen LogP contribution is -2.40. The van der Waals surface area contributed by atoms with Crippen molar-refractivity contribution in [1.29, 1.82) is 0 Å². The minimum Gasteiger partial charge on any atom is -0.385 e. The highest BCUT2D eigenvalue weighted by atomic mass is 32.2. The minimum atomic E-state index is -0.805. The third-order valence-corrected chi connectivity index (χ3v) is 3.52. The van der Waals surface area contributed by atoms with Crippen LogP contribution in [0.5, 0.6) is 0 Å². The van der Waals surface area contributed by atoms with E-state index in [2.05, 4.69) is 10.6 Å². The molecule has 0 saturated carbocycles. The Bertz CT molecular complexity index is 212. The second-order valence-electron chi connectivity index (χ2n) is 3.29. The first-order valence-electron chi connectivity index (χ1n) is 4.90. The van der Waals surface area contributed by atoms with Crippen LogP contribution in [0.2, 0.25) is 0 Å². The summed E-state index contributed by atoms with van der Waals surface area (Å²) in [6.45, 7) is 4.09. The lowest BCUT2D eigenvalue weighted by molar-refractivity contribution is 0.195. The molecule has 0 radical (unpaired) electrons. The van der Waals surface area contributed by atoms with Gasteiger partial charge in [-0.1, -0.05) is 0 Å². The van der Waals surface area contributed by atoms with Gasteiger partial charge in [-0.3, -0.25) is 4.21 Å². The molecule has 6 heteroatoms. The summed E-state index contributed by atoms with van der Waals surface area (Å²) in [6, 6.07) is 0. The lowest BCUT2D eigenvalue weighted by Gasteiger charge is -2.13. The van der Waals surface area contributed by atoms with Gasteiger partial charge in [0.15, 0.2) is 5.11 Å². The molecule has 2 N–H and O–H groups in total. The summed E-state index contributed by atoms with van der Waals surface area (Å²) in [5.74, 6) is 0. The van der Waals surface area contributed by atoms with Crippen LogP contribution in [0.4, 0.5) is 0 Å². The molecule has 0 aliphatic heterocycles. The van der Waals surface area contributed by atoms with Gasteiger partial charge in [0.1, 0.15) is 0 Å². The molecule has 2 atom stereocenters. The second-order valence-corrected chi connectivity index (χ2v) is 5.50. The molecule has 0 spiro atoms. The summed E-state index contributed by atoms with van der Waals surface area (Å²) in [6.07, 6.45) is 2.62. The van der Waals surface area contributed by atoms with Gasteiger partial charge < -0.3 is 15.4 Å². The molecule has 90 valence electrons. The molecule has 0 aromatic rings. The van der Waals surface area contributed by atoms with Crippen LogP contribution in [0.15, 0.2) is 0 Å². The Hall–Kier alpha value is -0.200. The van der Waals surface area contributed by atoms with E-state index in [0.717, 1.165) is 19.6 Å². The highest BCUT2D eigenvalue weighted by molar-refractivity contribution is 7.84. The molecule has 0 aliphatic rings. The number of hydrogen-bond acceptors (Lipinski definition) is 3. The SMILES string of the molecule is COCCCNC(=S)NCC(C)S(C)=O. The van der Waals surface area contributed by atoms with Gasteiger partial charge in [-0.15, -0.1) is 0 Å². The number of rotatable bonds is 7. The van der Waals surface area contributed by atoms with Gasteiger partial charge in [-0.25, -0.2) is 0 Å². The van der Waals surface area contributed by atoms with Gasteiger partial charge in [0, 0.05) is 49.1 Å². The fourth-order valence-corrected chi connectivity index (χ4v) is 1.34. The molecular formula is C9H20N2O2S2. The Morgan fingerprint density at radius 3 is 2.73 bits per heavy atom. The number of thiocarbonyl (C=S) groups is 1. The summed E-state index contributed by atoms with van der Waals surface area (Å²) in [4.78, 5) is 0. The minimum absolute atomic E-state index is 0.115. The number of methoxy groups -OCH3 is 1. The van der Waals surface area contributed by atoms with Gasteiger partial charge in [-0.05, 0) is 25.6 Å². The van der Waals surface area contributed by atoms with Gasteiger partial charge in [-0.2, -0.15) is 0 Å². The molecule has 0 heterocycles. The number of nitrogens with one attached hydrogen (secondary N) is 2. The third kappa shape index (κ3) is 8.77. The maximum atomic E-state index is 11.0. The molecule has 0 aromatic carbocycles. The molecule has 15 heavy (non-hydrogen) atoms. The van der Waals surface area contributed by atoms with Crippen molar-refractivity contribution < 1.29 is 8.95 Å². The van der Waals surface area contributed by atoms with Crippen molar-refractivity contribution in [2.45, 2.75) is 18.6 Å². The van der Waals surface area contributed by atoms with Crippen LogP contribution in [-0.4, -0.2) is 47.6 Å². The molecule has 4 nitrogen and oxygen atoms in total. The zero-order chi connectivity index (χ0) is 11.7. The van der Waals surface area contributed by atoms with Crippen molar-refractivity contribution in [2.75, 3.05) is 33.1 Å². The topological polar surface area (TPSA) is 50.4 Å². The highest BCUT2D eigenvalue weighted by Crippen LogP contribution is 1.89. The van der Waals surface area contributed by atoms with E-state index in [1.54, 1.807) is 13.4 Å². The molecule has 0 amide bonds. The van der Waals surface area contributed by atoms with Crippen LogP contribution in [0.3, 0.4) is 0 Å². The summed E-state index contributed by atoms with van der Waals surface area (Å²) in [5, 5.41) is 6.81. The molecular weight excluding hydrogens is 232 g/mol. The lowest BCUT2D eigenvalue weighted by atomic mass is 10.4. The first-order chi connectivity index (χ1) is 7.07. The standard InChI is InChI=1S/C9H20N2O2S2/c1-8(15(3)12)7-11-9(14)10-5-4-6-13-2/h8H,4-7H2,1-3H3,(H2,10,11,14). The first kappa shape index (κ1) is 14.8. The third-order valence-electron chi connectivity index (χ3n) is 1.93. The molecule has 0 aliphatic carbocycles. The Balaban J connectivity index is 3.45. The number of ether oxygens (including phenoxy) is 1. The van der Waals surface area contributed by atoms with Crippen LogP contribution in [0, 0.1) is 0 Å². The fraction of sp³-hybridized carbons (Fsp3) is 0.889. The maximum absolute atomic E-state index is 11.0. The number of hydrogen-bond donors (Lipinski definition) is 2. The van der Waals surface area contributed by atoms with E-state index in [0.29, 0.717) is 11.7 Å². The fourth-order valence-electron chi connectivity index (χ4n) is 0.835. The average Bonchev–Trinajstić information content (AvgIpc) is 2.20. The van der Waals surface area contributed by atoms with Crippen molar-refractivity contribution in [3.63, 3.8) is 0 Å². The molecule has 0 fully saturated rings. The molecule has 0 saturated heterocycles. The van der Waals surface area contributed by atoms with Crippen molar-refractivity contribution in [3.05, 3.63) is 0 Å². The van der Waals surface area contributed by atoms with E-state index in [-0.39, 0.29) is 5.25 Å². The second kappa shape index (κ2) is 9.06. The summed E-state index contributed by atoms with van der Waals surface area (Å²) < 4.78 is 16.0. The predicted octanol–water partition coefficient (Wildman–Crippen LogP) is 0.254. The predicted molar refractivity (Wildman–Crippen MR) is 68.6 cm³/mol. The molecule has 0 aromatic heterocycles. The Kier molecular flexibility index (Phi) is 8.94. The van der Waals surface area contributed by atoms with Gasteiger partial charge in [0.05, 0.1) is 0 Å². The summed E-state index contributed by atoms with van der Waals surface area (Å²) in [5.41, 5.74) is 0. The van der Waals surface area contributed by atoms with Crippen LogP contribution >= 0.6 is 12.2 Å². The molecule has 2 unspecified atom stereocenters. The molecule has 0 bridgehead atoms. The highest BCUT2D eigenvalue weighted by Gasteiger charge is 2.05. The van der Waals surface area contributed by atoms with Crippen LogP contribution in [-0.2, 0) is 15.5 Å². The Morgan fingerprint density at radius 1 is 1.53 bits per heavy atom.